The van der Waals surface area contributed by atoms with Crippen LogP contribution in [0, 0.1) is 0 Å². The molecule has 0 aromatic heterocycles. The standard InChI is InChI=1S/C12H14ClN3O3/c1-19-7-6-14-11(17)12(18)16-15-8-9-4-2-3-5-10(9)13/h2-5,8H,6-7H2,1H3,(H,14,17)(H,16,18). The van der Waals surface area contributed by atoms with Gasteiger partial charge in [0, 0.05) is 24.2 Å². The monoisotopic (exact) mass is 283 g/mol. The van der Waals surface area contributed by atoms with Crippen LogP contribution in [0.3, 0.4) is 0 Å². The minimum absolute atomic E-state index is 0.261. The summed E-state index contributed by atoms with van der Waals surface area (Å²) in [6.07, 6.45) is 1.36. The predicted molar refractivity (Wildman–Crippen MR) is 72.1 cm³/mol. The number of ether oxygens (including phenoxy) is 1. The Morgan fingerprint density at radius 1 is 1.37 bits per heavy atom. The highest BCUT2D eigenvalue weighted by Gasteiger charge is 2.11. The summed E-state index contributed by atoms with van der Waals surface area (Å²) in [5, 5.41) is 6.52. The lowest BCUT2D eigenvalue weighted by atomic mass is 10.2. The molecular weight excluding hydrogens is 270 g/mol. The van der Waals surface area contributed by atoms with E-state index in [1.807, 2.05) is 0 Å². The molecule has 0 aliphatic carbocycles. The topological polar surface area (TPSA) is 79.8 Å². The van der Waals surface area contributed by atoms with E-state index in [9.17, 15) is 9.59 Å². The van der Waals surface area contributed by atoms with Gasteiger partial charge >= 0.3 is 11.8 Å². The third-order valence-corrected chi connectivity index (χ3v) is 2.42. The van der Waals surface area contributed by atoms with Crippen LogP contribution in [-0.4, -0.2) is 38.3 Å². The molecule has 0 radical (unpaired) electrons. The van der Waals surface area contributed by atoms with Crippen LogP contribution < -0.4 is 10.7 Å². The number of amides is 2. The van der Waals surface area contributed by atoms with Crippen molar-refractivity contribution >= 4 is 29.6 Å². The molecule has 7 heteroatoms. The quantitative estimate of drug-likeness (QED) is 0.358. The molecular formula is C12H14ClN3O3. The number of nitrogens with one attached hydrogen (secondary N) is 2. The Bertz CT molecular complexity index is 477. The Kier molecular flexibility index (Phi) is 6.56. The maximum atomic E-state index is 11.3. The van der Waals surface area contributed by atoms with E-state index < -0.39 is 11.8 Å². The van der Waals surface area contributed by atoms with E-state index in [0.717, 1.165) is 0 Å². The van der Waals surface area contributed by atoms with Crippen molar-refractivity contribution in [2.24, 2.45) is 5.10 Å². The number of benzene rings is 1. The van der Waals surface area contributed by atoms with E-state index in [1.54, 1.807) is 24.3 Å². The number of hydrazone groups is 1. The van der Waals surface area contributed by atoms with Crippen LogP contribution in [-0.2, 0) is 14.3 Å². The van der Waals surface area contributed by atoms with Crippen molar-refractivity contribution in [3.8, 4) is 0 Å². The Morgan fingerprint density at radius 2 is 2.11 bits per heavy atom. The maximum absolute atomic E-state index is 11.3. The summed E-state index contributed by atoms with van der Waals surface area (Å²) < 4.78 is 4.73. The van der Waals surface area contributed by atoms with Gasteiger partial charge in [-0.1, -0.05) is 29.8 Å². The van der Waals surface area contributed by atoms with Crippen LogP contribution in [0.4, 0.5) is 0 Å². The smallest absolute Gasteiger partial charge is 0.329 e. The van der Waals surface area contributed by atoms with Crippen molar-refractivity contribution in [1.29, 1.82) is 0 Å². The molecule has 0 spiro atoms. The second kappa shape index (κ2) is 8.23. The summed E-state index contributed by atoms with van der Waals surface area (Å²) in [6.45, 7) is 0.596. The van der Waals surface area contributed by atoms with Crippen molar-refractivity contribution in [1.82, 2.24) is 10.7 Å². The SMILES string of the molecule is COCCNC(=O)C(=O)NN=Cc1ccccc1Cl. The van der Waals surface area contributed by atoms with Gasteiger partial charge in [-0.05, 0) is 6.07 Å². The van der Waals surface area contributed by atoms with E-state index in [0.29, 0.717) is 17.2 Å². The van der Waals surface area contributed by atoms with Gasteiger partial charge in [0.1, 0.15) is 0 Å². The molecule has 0 aliphatic heterocycles. The first-order valence-corrected chi connectivity index (χ1v) is 5.87. The summed E-state index contributed by atoms with van der Waals surface area (Å²) in [6, 6.07) is 6.99. The molecule has 6 nitrogen and oxygen atoms in total. The number of carbonyl (C=O) groups excluding carboxylic acids is 2. The zero-order valence-electron chi connectivity index (χ0n) is 10.4. The van der Waals surface area contributed by atoms with Gasteiger partial charge in [-0.15, -0.1) is 0 Å². The van der Waals surface area contributed by atoms with E-state index in [1.165, 1.54) is 13.3 Å². The molecule has 0 aliphatic rings. The third kappa shape index (κ3) is 5.50. The van der Waals surface area contributed by atoms with Crippen molar-refractivity contribution < 1.29 is 14.3 Å². The lowest BCUT2D eigenvalue weighted by molar-refractivity contribution is -0.139. The number of hydrogen-bond donors (Lipinski definition) is 2. The van der Waals surface area contributed by atoms with Crippen molar-refractivity contribution in [3.63, 3.8) is 0 Å². The van der Waals surface area contributed by atoms with Crippen LogP contribution >= 0.6 is 11.6 Å². The molecule has 0 unspecified atom stereocenters. The average Bonchev–Trinajstić information content (AvgIpc) is 2.41. The predicted octanol–water partition coefficient (Wildman–Crippen LogP) is 0.553. The van der Waals surface area contributed by atoms with Crippen LogP contribution in [0.5, 0.6) is 0 Å². The van der Waals surface area contributed by atoms with Crippen LogP contribution in [0.1, 0.15) is 5.56 Å². The van der Waals surface area contributed by atoms with Gasteiger partial charge in [0.05, 0.1) is 12.8 Å². The minimum atomic E-state index is -0.848. The normalized spacial score (nSPS) is 10.4. The molecule has 0 bridgehead atoms. The molecule has 0 fully saturated rings. The fourth-order valence-corrected chi connectivity index (χ4v) is 1.32. The van der Waals surface area contributed by atoms with Gasteiger partial charge in [-0.2, -0.15) is 5.10 Å². The fourth-order valence-electron chi connectivity index (χ4n) is 1.14. The van der Waals surface area contributed by atoms with E-state index >= 15 is 0 Å². The number of rotatable bonds is 5. The van der Waals surface area contributed by atoms with Gasteiger partial charge in [0.2, 0.25) is 0 Å². The van der Waals surface area contributed by atoms with Crippen LogP contribution in [0.25, 0.3) is 0 Å². The summed E-state index contributed by atoms with van der Waals surface area (Å²) in [5.41, 5.74) is 2.75. The van der Waals surface area contributed by atoms with Gasteiger partial charge in [-0.25, -0.2) is 5.43 Å². The first-order chi connectivity index (χ1) is 9.15. The highest BCUT2D eigenvalue weighted by molar-refractivity contribution is 6.35. The molecule has 0 atom stereocenters. The molecule has 2 N–H and O–H groups in total. The number of carbonyl (C=O) groups is 2. The first kappa shape index (κ1) is 15.1. The summed E-state index contributed by atoms with van der Waals surface area (Å²) in [4.78, 5) is 22.6. The van der Waals surface area contributed by atoms with Crippen LogP contribution in [0.15, 0.2) is 29.4 Å². The third-order valence-electron chi connectivity index (χ3n) is 2.07. The zero-order chi connectivity index (χ0) is 14.1. The Hall–Kier alpha value is -1.92. The number of halogens is 1. The molecule has 19 heavy (non-hydrogen) atoms. The summed E-state index contributed by atoms with van der Waals surface area (Å²) in [5.74, 6) is -1.62. The summed E-state index contributed by atoms with van der Waals surface area (Å²) >= 11 is 5.89. The second-order valence-corrected chi connectivity index (χ2v) is 3.88. The molecule has 1 rings (SSSR count). The molecule has 1 aromatic carbocycles. The van der Waals surface area contributed by atoms with Crippen molar-refractivity contribution in [2.45, 2.75) is 0 Å². The maximum Gasteiger partial charge on any atom is 0.329 e. The van der Waals surface area contributed by atoms with Crippen LogP contribution in [0.2, 0.25) is 5.02 Å². The fraction of sp³-hybridized carbons (Fsp3) is 0.250. The van der Waals surface area contributed by atoms with Gasteiger partial charge in [-0.3, -0.25) is 9.59 Å². The Balaban J connectivity index is 2.41. The zero-order valence-corrected chi connectivity index (χ0v) is 11.1. The minimum Gasteiger partial charge on any atom is -0.383 e. The highest BCUT2D eigenvalue weighted by atomic mass is 35.5. The molecule has 0 heterocycles. The van der Waals surface area contributed by atoms with E-state index in [4.69, 9.17) is 16.3 Å². The average molecular weight is 284 g/mol. The number of nitrogens with zero attached hydrogens (tertiary/aromatic N) is 1. The van der Waals surface area contributed by atoms with Gasteiger partial charge in [0.15, 0.2) is 0 Å². The highest BCUT2D eigenvalue weighted by Crippen LogP contribution is 2.11. The molecule has 2 amide bonds. The Labute approximate surface area is 115 Å². The second-order valence-electron chi connectivity index (χ2n) is 3.47. The largest absolute Gasteiger partial charge is 0.383 e. The van der Waals surface area contributed by atoms with E-state index in [2.05, 4.69) is 15.8 Å². The molecule has 102 valence electrons. The molecule has 0 saturated carbocycles. The van der Waals surface area contributed by atoms with Crippen molar-refractivity contribution in [2.75, 3.05) is 20.3 Å². The Morgan fingerprint density at radius 3 is 2.79 bits per heavy atom. The van der Waals surface area contributed by atoms with Crippen molar-refractivity contribution in [3.05, 3.63) is 34.9 Å². The van der Waals surface area contributed by atoms with E-state index in [-0.39, 0.29) is 6.54 Å². The number of methoxy groups -OCH3 is 1. The lowest BCUT2D eigenvalue weighted by Gasteiger charge is -2.02. The number of hydrogen-bond acceptors (Lipinski definition) is 4. The van der Waals surface area contributed by atoms with Gasteiger partial charge in [0.25, 0.3) is 0 Å². The molecule has 0 saturated heterocycles. The summed E-state index contributed by atoms with van der Waals surface area (Å²) in [7, 11) is 1.50. The lowest BCUT2D eigenvalue weighted by Crippen LogP contribution is -2.39. The first-order valence-electron chi connectivity index (χ1n) is 5.50. The molecule has 1 aromatic rings. The van der Waals surface area contributed by atoms with Gasteiger partial charge < -0.3 is 10.1 Å².